The van der Waals surface area contributed by atoms with Crippen LogP contribution in [0.1, 0.15) is 0 Å². The van der Waals surface area contributed by atoms with Gasteiger partial charge in [0.15, 0.2) is 11.6 Å². The maximum absolute atomic E-state index is 13.0. The average molecular weight is 247 g/mol. The van der Waals surface area contributed by atoms with Gasteiger partial charge in [0.05, 0.1) is 4.47 Å². The van der Waals surface area contributed by atoms with Crippen LogP contribution in [0.25, 0.3) is 0 Å². The third-order valence-electron chi connectivity index (χ3n) is 1.29. The van der Waals surface area contributed by atoms with E-state index in [0.717, 1.165) is 12.1 Å². The molecule has 0 saturated carbocycles. The zero-order valence-electron chi connectivity index (χ0n) is 6.48. The van der Waals surface area contributed by atoms with Gasteiger partial charge in [0.2, 0.25) is 0 Å². The Morgan fingerprint density at radius 1 is 1.38 bits per heavy atom. The molecule has 1 aromatic carbocycles. The number of halogens is 3. The first-order valence-electron chi connectivity index (χ1n) is 3.36. The van der Waals surface area contributed by atoms with Gasteiger partial charge in [-0.05, 0) is 22.0 Å². The molecule has 0 heterocycles. The molecule has 0 unspecified atom stereocenters. The third-order valence-corrected chi connectivity index (χ3v) is 1.89. The van der Waals surface area contributed by atoms with Crippen LogP contribution >= 0.6 is 15.9 Å². The highest BCUT2D eigenvalue weighted by molar-refractivity contribution is 9.10. The molecular weight excluding hydrogens is 242 g/mol. The zero-order valence-corrected chi connectivity index (χ0v) is 8.07. The maximum Gasteiger partial charge on any atom is 0.166 e. The zero-order chi connectivity index (χ0) is 9.84. The summed E-state index contributed by atoms with van der Waals surface area (Å²) in [7, 11) is 0. The Labute approximate surface area is 82.8 Å². The monoisotopic (exact) mass is 246 g/mol. The van der Waals surface area contributed by atoms with E-state index >= 15 is 0 Å². The van der Waals surface area contributed by atoms with E-state index in [2.05, 4.69) is 21.9 Å². The Hall–Kier alpha value is -1.08. The molecule has 0 spiro atoms. The average Bonchev–Trinajstić information content (AvgIpc) is 2.09. The lowest BCUT2D eigenvalue weighted by atomic mass is 10.3. The van der Waals surface area contributed by atoms with Crippen molar-refractivity contribution in [2.45, 2.75) is 0 Å². The number of ether oxygens (including phenoxy) is 1. The molecule has 68 valence electrons. The highest BCUT2D eigenvalue weighted by atomic mass is 79.9. The maximum atomic E-state index is 13.0. The molecule has 0 bridgehead atoms. The highest BCUT2D eigenvalue weighted by Gasteiger charge is 2.08. The van der Waals surface area contributed by atoms with Gasteiger partial charge in [-0.25, -0.2) is 8.78 Å². The second kappa shape index (κ2) is 4.24. The van der Waals surface area contributed by atoms with Crippen molar-refractivity contribution in [1.29, 1.82) is 0 Å². The molecule has 0 aliphatic carbocycles. The minimum Gasteiger partial charge on any atom is -0.478 e. The Bertz CT molecular complexity index is 357. The fraction of sp³-hybridized carbons (Fsp3) is 0.111. The second-order valence-corrected chi connectivity index (χ2v) is 3.04. The van der Waals surface area contributed by atoms with Gasteiger partial charge >= 0.3 is 0 Å². The van der Waals surface area contributed by atoms with Crippen molar-refractivity contribution in [2.24, 2.45) is 0 Å². The van der Waals surface area contributed by atoms with Gasteiger partial charge in [-0.2, -0.15) is 0 Å². The molecule has 0 fully saturated rings. The first-order chi connectivity index (χ1) is 6.15. The summed E-state index contributed by atoms with van der Waals surface area (Å²) in [4.78, 5) is 0. The number of benzene rings is 1. The van der Waals surface area contributed by atoms with E-state index in [4.69, 9.17) is 11.2 Å². The highest BCUT2D eigenvalue weighted by Crippen LogP contribution is 2.24. The molecule has 0 N–H and O–H groups in total. The van der Waals surface area contributed by atoms with Crippen molar-refractivity contribution in [3.63, 3.8) is 0 Å². The molecule has 0 radical (unpaired) electrons. The molecule has 13 heavy (non-hydrogen) atoms. The molecule has 0 amide bonds. The lowest BCUT2D eigenvalue weighted by molar-refractivity contribution is 0.345. The SMILES string of the molecule is C#CCOc1cc(F)c(Br)cc1F. The van der Waals surface area contributed by atoms with Crippen LogP contribution in [0.5, 0.6) is 5.75 Å². The Balaban J connectivity index is 2.96. The lowest BCUT2D eigenvalue weighted by Gasteiger charge is -2.04. The van der Waals surface area contributed by atoms with Crippen LogP contribution in [0.15, 0.2) is 16.6 Å². The smallest absolute Gasteiger partial charge is 0.166 e. The van der Waals surface area contributed by atoms with E-state index in [9.17, 15) is 8.78 Å². The predicted octanol–water partition coefficient (Wildman–Crippen LogP) is 2.74. The van der Waals surface area contributed by atoms with Crippen LogP contribution in [0.2, 0.25) is 0 Å². The summed E-state index contributed by atoms with van der Waals surface area (Å²) in [5, 5.41) is 0. The molecule has 4 heteroatoms. The minimum atomic E-state index is -0.650. The Kier molecular flexibility index (Phi) is 3.26. The number of rotatable bonds is 2. The van der Waals surface area contributed by atoms with E-state index in [1.165, 1.54) is 0 Å². The van der Waals surface area contributed by atoms with Gasteiger partial charge in [0, 0.05) is 6.07 Å². The van der Waals surface area contributed by atoms with Crippen LogP contribution in [-0.4, -0.2) is 6.61 Å². The molecule has 0 saturated heterocycles. The number of hydrogen-bond donors (Lipinski definition) is 0. The molecule has 1 nitrogen and oxygen atoms in total. The summed E-state index contributed by atoms with van der Waals surface area (Å²) in [6.07, 6.45) is 4.89. The van der Waals surface area contributed by atoms with Crippen molar-refractivity contribution >= 4 is 15.9 Å². The summed E-state index contributed by atoms with van der Waals surface area (Å²) in [6, 6.07) is 1.93. The quantitative estimate of drug-likeness (QED) is 0.576. The van der Waals surface area contributed by atoms with E-state index in [-0.39, 0.29) is 16.8 Å². The summed E-state index contributed by atoms with van der Waals surface area (Å²) in [6.45, 7) is -0.0853. The fourth-order valence-electron chi connectivity index (χ4n) is 0.734. The van der Waals surface area contributed by atoms with Gasteiger partial charge in [-0.1, -0.05) is 5.92 Å². The number of hydrogen-bond acceptors (Lipinski definition) is 1. The second-order valence-electron chi connectivity index (χ2n) is 2.19. The summed E-state index contributed by atoms with van der Waals surface area (Å²) in [5.74, 6) is 0.734. The van der Waals surface area contributed by atoms with E-state index in [1.54, 1.807) is 0 Å². The fourth-order valence-corrected chi connectivity index (χ4v) is 1.05. The standard InChI is InChI=1S/C9H5BrF2O/c1-2-3-13-9-5-7(11)6(10)4-8(9)12/h1,4-5H,3H2. The van der Waals surface area contributed by atoms with Crippen LogP contribution < -0.4 is 4.74 Å². The first-order valence-corrected chi connectivity index (χ1v) is 4.15. The largest absolute Gasteiger partial charge is 0.478 e. The molecule has 1 rings (SSSR count). The topological polar surface area (TPSA) is 9.23 Å². The molecule has 0 aromatic heterocycles. The van der Waals surface area contributed by atoms with E-state index in [1.807, 2.05) is 0 Å². The van der Waals surface area contributed by atoms with Crippen molar-refractivity contribution in [3.05, 3.63) is 28.2 Å². The van der Waals surface area contributed by atoms with Crippen molar-refractivity contribution in [1.82, 2.24) is 0 Å². The summed E-state index contributed by atoms with van der Waals surface area (Å²) >= 11 is 2.84. The predicted molar refractivity (Wildman–Crippen MR) is 48.4 cm³/mol. The molecule has 0 aliphatic rings. The van der Waals surface area contributed by atoms with Gasteiger partial charge in [0.1, 0.15) is 12.4 Å². The summed E-state index contributed by atoms with van der Waals surface area (Å²) in [5.41, 5.74) is 0. The van der Waals surface area contributed by atoms with Crippen LogP contribution in [-0.2, 0) is 0 Å². The van der Waals surface area contributed by atoms with Crippen molar-refractivity contribution in [2.75, 3.05) is 6.61 Å². The lowest BCUT2D eigenvalue weighted by Crippen LogP contribution is -1.97. The van der Waals surface area contributed by atoms with Gasteiger partial charge in [-0.15, -0.1) is 6.42 Å². The molecule has 1 aromatic rings. The van der Waals surface area contributed by atoms with Crippen LogP contribution in [0.4, 0.5) is 8.78 Å². The number of terminal acetylenes is 1. The van der Waals surface area contributed by atoms with Crippen molar-refractivity contribution in [3.8, 4) is 18.1 Å². The van der Waals surface area contributed by atoms with E-state index in [0.29, 0.717) is 0 Å². The third kappa shape index (κ3) is 2.43. The molecule has 0 atom stereocenters. The molecule has 0 aliphatic heterocycles. The first kappa shape index (κ1) is 10.0. The molecular formula is C9H5BrF2O. The Morgan fingerprint density at radius 3 is 2.69 bits per heavy atom. The minimum absolute atomic E-state index is 0.0538. The van der Waals surface area contributed by atoms with Gasteiger partial charge in [0.25, 0.3) is 0 Å². The normalized spacial score (nSPS) is 9.38. The summed E-state index contributed by atoms with van der Waals surface area (Å²) < 4.78 is 30.6. The van der Waals surface area contributed by atoms with Crippen LogP contribution in [0.3, 0.4) is 0 Å². The van der Waals surface area contributed by atoms with Crippen LogP contribution in [0, 0.1) is 24.0 Å². The van der Waals surface area contributed by atoms with Crippen molar-refractivity contribution < 1.29 is 13.5 Å². The van der Waals surface area contributed by atoms with Gasteiger partial charge in [-0.3, -0.25) is 0 Å². The Morgan fingerprint density at radius 2 is 2.08 bits per heavy atom. The van der Waals surface area contributed by atoms with Gasteiger partial charge < -0.3 is 4.74 Å². The van der Waals surface area contributed by atoms with E-state index < -0.39 is 11.6 Å².